The summed E-state index contributed by atoms with van der Waals surface area (Å²) in [7, 11) is 4.70. The molecule has 0 aliphatic heterocycles. The second-order valence-electron chi connectivity index (χ2n) is 20.8. The Morgan fingerprint density at radius 1 is 0.169 bits per heavy atom. The van der Waals surface area contributed by atoms with E-state index in [4.69, 9.17) is 0 Å². The molecule has 0 atom stereocenters. The summed E-state index contributed by atoms with van der Waals surface area (Å²) < 4.78 is 0.608. The molecule has 71 heavy (non-hydrogen) atoms. The molecule has 0 unspecified atom stereocenters. The van der Waals surface area contributed by atoms with Gasteiger partial charge in [-0.15, -0.1) is 0 Å². The van der Waals surface area contributed by atoms with Gasteiger partial charge in [-0.05, 0) is 286 Å². The van der Waals surface area contributed by atoms with Gasteiger partial charge in [0.15, 0.2) is 0 Å². The van der Waals surface area contributed by atoms with Crippen LogP contribution in [0.1, 0.15) is 0 Å². The van der Waals surface area contributed by atoms with Gasteiger partial charge in [0.25, 0.3) is 0 Å². The minimum atomic E-state index is 0.608. The minimum Gasteiger partial charge on any atom is -0.263 e. The largest absolute Gasteiger partial charge is 0.263 e. The second kappa shape index (κ2) is 14.1. The summed E-state index contributed by atoms with van der Waals surface area (Å²) in [5.74, 6) is 0. The molecule has 0 spiro atoms. The summed E-state index contributed by atoms with van der Waals surface area (Å²) in [6.45, 7) is 0. The molecule has 16 aromatic rings. The third-order valence-electron chi connectivity index (χ3n) is 16.2. The van der Waals surface area contributed by atoms with Crippen LogP contribution in [0.2, 0.25) is 0 Å². The number of nitrogens with zero attached hydrogens (tertiary/aromatic N) is 1. The Kier molecular flexibility index (Phi) is 7.75. The van der Waals surface area contributed by atoms with Crippen LogP contribution < -0.4 is 4.48 Å². The lowest BCUT2D eigenvalue weighted by atomic mass is 9.94. The molecule has 16 rings (SSSR count). The number of rotatable bonds is 2. The maximum atomic E-state index is 2.44. The van der Waals surface area contributed by atoms with Crippen LogP contribution in [0.15, 0.2) is 231 Å². The summed E-state index contributed by atoms with van der Waals surface area (Å²) >= 11 is 0. The monoisotopic (exact) mass is 898 g/mol. The number of hydrogen-bond acceptors (Lipinski definition) is 0. The van der Waals surface area contributed by atoms with Crippen LogP contribution in [0, 0.1) is 0 Å². The fraction of sp³-hybridized carbons (Fsp3) is 0.0286. The highest BCUT2D eigenvalue weighted by Crippen LogP contribution is 2.44. The van der Waals surface area contributed by atoms with E-state index >= 15 is 0 Å². The van der Waals surface area contributed by atoms with E-state index in [1.54, 1.807) is 0 Å². The average Bonchev–Trinajstić information content (AvgIpc) is 3.38. The van der Waals surface area contributed by atoms with Crippen LogP contribution in [0.4, 0.5) is 11.4 Å². The standard InChI is InChI=1S/C70H44N/c1-71(2,69-15-7-13-45-21-51-27-57-33-59-29-53-23-47-17-41-9-3-5-11-43(41)19-49(47)25-55(53)31-61(59)35-63(57)37-65(51)39-67(45)69)70-16-8-14-46-22-52-28-58-34-60-30-54-24-48-18-42-10-4-6-12-44(42)20-50(48)26-56(54)32-62(60)36-64(58)38-66(52)40-68(46)70/h3-40H,1-2H3/q+1. The van der Waals surface area contributed by atoms with Crippen LogP contribution in [0.5, 0.6) is 0 Å². The third-order valence-corrected chi connectivity index (χ3v) is 16.2. The normalized spacial score (nSPS) is 12.6. The quantitative estimate of drug-likeness (QED) is 0.120. The molecular formula is C70H44N+. The fourth-order valence-electron chi connectivity index (χ4n) is 12.5. The van der Waals surface area contributed by atoms with Gasteiger partial charge < -0.3 is 0 Å². The zero-order valence-electron chi connectivity index (χ0n) is 39.4. The molecule has 0 N–H and O–H groups in total. The van der Waals surface area contributed by atoms with Crippen LogP contribution in [-0.4, -0.2) is 14.1 Å². The van der Waals surface area contributed by atoms with Crippen molar-refractivity contribution in [3.63, 3.8) is 0 Å². The lowest BCUT2D eigenvalue weighted by Crippen LogP contribution is -2.34. The van der Waals surface area contributed by atoms with E-state index in [-0.39, 0.29) is 0 Å². The molecule has 0 bridgehead atoms. The Hall–Kier alpha value is -8.88. The van der Waals surface area contributed by atoms with Gasteiger partial charge >= 0.3 is 0 Å². The van der Waals surface area contributed by atoms with E-state index < -0.39 is 0 Å². The lowest BCUT2D eigenvalue weighted by Gasteiger charge is -2.31. The number of quaternary nitrogens is 1. The topological polar surface area (TPSA) is 0 Å². The molecule has 0 heterocycles. The second-order valence-corrected chi connectivity index (χ2v) is 20.8. The van der Waals surface area contributed by atoms with Crippen molar-refractivity contribution in [2.75, 3.05) is 14.1 Å². The molecule has 0 aliphatic carbocycles. The molecule has 0 fully saturated rings. The van der Waals surface area contributed by atoms with E-state index in [0.717, 1.165) is 0 Å². The first-order valence-electron chi connectivity index (χ1n) is 24.8. The predicted molar refractivity (Wildman–Crippen MR) is 311 cm³/mol. The molecule has 1 nitrogen and oxygen atoms in total. The fourth-order valence-corrected chi connectivity index (χ4v) is 12.5. The van der Waals surface area contributed by atoms with Gasteiger partial charge in [0.05, 0.1) is 14.1 Å². The molecule has 1 heteroatoms. The molecular weight excluding hydrogens is 855 g/mol. The Bertz CT molecular complexity index is 4760. The van der Waals surface area contributed by atoms with Crippen LogP contribution in [0.25, 0.3) is 151 Å². The van der Waals surface area contributed by atoms with Crippen molar-refractivity contribution >= 4 is 162 Å². The van der Waals surface area contributed by atoms with Gasteiger partial charge in [-0.2, -0.15) is 0 Å². The first kappa shape index (κ1) is 39.0. The van der Waals surface area contributed by atoms with E-state index in [0.29, 0.717) is 4.48 Å². The van der Waals surface area contributed by atoms with Gasteiger partial charge in [-0.1, -0.05) is 72.8 Å². The predicted octanol–water partition coefficient (Wildman–Crippen LogP) is 19.7. The Morgan fingerprint density at radius 2 is 0.338 bits per heavy atom. The smallest absolute Gasteiger partial charge is 0.145 e. The minimum absolute atomic E-state index is 0.608. The first-order valence-corrected chi connectivity index (χ1v) is 24.8. The SMILES string of the molecule is C[N+](C)(c1cccc2cc3cc4cc5cc6cc7cc8ccccc8cc7cc6cc5cc4cc3cc12)c1cccc2cc3cc4cc5cc6cc7cc8ccccc8cc7cc6cc5cc4cc3cc12. The molecule has 0 saturated heterocycles. The molecule has 0 aromatic heterocycles. The van der Waals surface area contributed by atoms with E-state index in [9.17, 15) is 0 Å². The highest BCUT2D eigenvalue weighted by atomic mass is 15.3. The maximum absolute atomic E-state index is 2.44. The summed E-state index contributed by atoms with van der Waals surface area (Å²) in [5, 5.41) is 35.6. The Labute approximate surface area is 409 Å². The maximum Gasteiger partial charge on any atom is 0.145 e. The highest BCUT2D eigenvalue weighted by molar-refractivity contribution is 6.16. The van der Waals surface area contributed by atoms with E-state index in [2.05, 4.69) is 245 Å². The summed E-state index contributed by atoms with van der Waals surface area (Å²) in [5.41, 5.74) is 2.56. The Balaban J connectivity index is 0.798. The molecule has 16 aromatic carbocycles. The third kappa shape index (κ3) is 5.97. The molecule has 0 amide bonds. The highest BCUT2D eigenvalue weighted by Gasteiger charge is 2.28. The first-order chi connectivity index (χ1) is 34.8. The zero-order valence-corrected chi connectivity index (χ0v) is 39.4. The van der Waals surface area contributed by atoms with Crippen molar-refractivity contribution in [2.45, 2.75) is 0 Å². The summed E-state index contributed by atoms with van der Waals surface area (Å²) in [6, 6.07) is 88.0. The molecule has 0 aliphatic rings. The molecule has 0 saturated carbocycles. The van der Waals surface area contributed by atoms with Crippen LogP contribution >= 0.6 is 0 Å². The summed E-state index contributed by atoms with van der Waals surface area (Å²) in [4.78, 5) is 0. The average molecular weight is 899 g/mol. The van der Waals surface area contributed by atoms with Crippen molar-refractivity contribution in [3.8, 4) is 0 Å². The van der Waals surface area contributed by atoms with Gasteiger partial charge in [0.2, 0.25) is 0 Å². The van der Waals surface area contributed by atoms with Crippen LogP contribution in [-0.2, 0) is 0 Å². The van der Waals surface area contributed by atoms with Crippen molar-refractivity contribution < 1.29 is 0 Å². The zero-order chi connectivity index (χ0) is 46.7. The van der Waals surface area contributed by atoms with E-state index in [1.165, 1.54) is 162 Å². The number of fused-ring (bicyclic) bond motifs is 14. The van der Waals surface area contributed by atoms with Gasteiger partial charge in [-0.25, -0.2) is 0 Å². The van der Waals surface area contributed by atoms with Gasteiger partial charge in [-0.3, -0.25) is 4.48 Å². The van der Waals surface area contributed by atoms with E-state index in [1.807, 2.05) is 0 Å². The number of benzene rings is 16. The number of hydrogen-bond donors (Lipinski definition) is 0. The van der Waals surface area contributed by atoms with Crippen molar-refractivity contribution in [1.29, 1.82) is 0 Å². The Morgan fingerprint density at radius 3 is 0.563 bits per heavy atom. The van der Waals surface area contributed by atoms with Crippen LogP contribution in [0.3, 0.4) is 0 Å². The van der Waals surface area contributed by atoms with Gasteiger partial charge in [0.1, 0.15) is 11.4 Å². The van der Waals surface area contributed by atoms with Crippen molar-refractivity contribution in [2.24, 2.45) is 0 Å². The molecule has 328 valence electrons. The van der Waals surface area contributed by atoms with Gasteiger partial charge in [0, 0.05) is 22.9 Å². The molecule has 0 radical (unpaired) electrons. The summed E-state index contributed by atoms with van der Waals surface area (Å²) in [6.07, 6.45) is 0. The van der Waals surface area contributed by atoms with Crippen molar-refractivity contribution in [3.05, 3.63) is 231 Å². The lowest BCUT2D eigenvalue weighted by molar-refractivity contribution is 0.563. The van der Waals surface area contributed by atoms with Crippen molar-refractivity contribution in [1.82, 2.24) is 4.48 Å².